The quantitative estimate of drug-likeness (QED) is 0.767. The van der Waals surface area contributed by atoms with E-state index in [0.29, 0.717) is 6.54 Å². The van der Waals surface area contributed by atoms with Crippen LogP contribution in [0.3, 0.4) is 0 Å². The number of carbonyl (C=O) groups excluding carboxylic acids is 1. The van der Waals surface area contributed by atoms with Crippen LogP contribution in [0.4, 0.5) is 0 Å². The predicted molar refractivity (Wildman–Crippen MR) is 60.0 cm³/mol. The SMILES string of the molecule is Cn1ncc(Cl)c1S(=O)(=O)N1CCNC(=O)C1. The Labute approximate surface area is 103 Å². The summed E-state index contributed by atoms with van der Waals surface area (Å²) < 4.78 is 26.7. The van der Waals surface area contributed by atoms with E-state index in [0.717, 1.165) is 4.31 Å². The van der Waals surface area contributed by atoms with Gasteiger partial charge in [-0.15, -0.1) is 0 Å². The number of halogens is 1. The van der Waals surface area contributed by atoms with E-state index in [-0.39, 0.29) is 29.0 Å². The van der Waals surface area contributed by atoms with E-state index in [1.807, 2.05) is 0 Å². The molecule has 0 saturated carbocycles. The molecule has 1 saturated heterocycles. The van der Waals surface area contributed by atoms with Crippen LogP contribution in [-0.2, 0) is 21.9 Å². The van der Waals surface area contributed by atoms with Gasteiger partial charge in [-0.1, -0.05) is 11.6 Å². The van der Waals surface area contributed by atoms with Crippen molar-refractivity contribution in [1.29, 1.82) is 0 Å². The maximum absolute atomic E-state index is 12.2. The number of sulfonamides is 1. The zero-order valence-corrected chi connectivity index (χ0v) is 10.6. The minimum absolute atomic E-state index is 0.0541. The highest BCUT2D eigenvalue weighted by Crippen LogP contribution is 2.23. The molecule has 7 nitrogen and oxygen atoms in total. The fourth-order valence-electron chi connectivity index (χ4n) is 1.63. The number of amides is 1. The molecule has 9 heteroatoms. The van der Waals surface area contributed by atoms with Gasteiger partial charge in [0, 0.05) is 20.1 Å². The minimum Gasteiger partial charge on any atom is -0.354 e. The van der Waals surface area contributed by atoms with E-state index >= 15 is 0 Å². The average molecular weight is 279 g/mol. The lowest BCUT2D eigenvalue weighted by molar-refractivity contribution is -0.122. The van der Waals surface area contributed by atoms with Crippen molar-refractivity contribution in [1.82, 2.24) is 19.4 Å². The van der Waals surface area contributed by atoms with Crippen molar-refractivity contribution in [2.24, 2.45) is 7.05 Å². The van der Waals surface area contributed by atoms with Gasteiger partial charge in [0.15, 0.2) is 5.03 Å². The number of carbonyl (C=O) groups is 1. The highest BCUT2D eigenvalue weighted by molar-refractivity contribution is 7.89. The van der Waals surface area contributed by atoms with Crippen LogP contribution in [0.2, 0.25) is 5.02 Å². The molecule has 0 bridgehead atoms. The molecule has 17 heavy (non-hydrogen) atoms. The van der Waals surface area contributed by atoms with Gasteiger partial charge in [0.25, 0.3) is 10.0 Å². The molecule has 1 aromatic rings. The largest absolute Gasteiger partial charge is 0.354 e. The molecular weight excluding hydrogens is 268 g/mol. The van der Waals surface area contributed by atoms with E-state index in [1.165, 1.54) is 17.9 Å². The van der Waals surface area contributed by atoms with Crippen molar-refractivity contribution in [2.75, 3.05) is 19.6 Å². The third kappa shape index (κ3) is 2.15. The molecule has 1 amide bonds. The first-order chi connectivity index (χ1) is 7.93. The molecule has 1 aromatic heterocycles. The summed E-state index contributed by atoms with van der Waals surface area (Å²) in [4.78, 5) is 11.2. The summed E-state index contributed by atoms with van der Waals surface area (Å²) in [5.74, 6) is -0.321. The molecule has 0 radical (unpaired) electrons. The Balaban J connectivity index is 2.40. The topological polar surface area (TPSA) is 84.3 Å². The number of aromatic nitrogens is 2. The van der Waals surface area contributed by atoms with Gasteiger partial charge in [-0.25, -0.2) is 8.42 Å². The first-order valence-electron chi connectivity index (χ1n) is 4.87. The van der Waals surface area contributed by atoms with E-state index in [2.05, 4.69) is 10.4 Å². The van der Waals surface area contributed by atoms with Crippen molar-refractivity contribution in [2.45, 2.75) is 5.03 Å². The standard InChI is InChI=1S/C8H11ClN4O3S/c1-12-8(6(9)4-11-12)17(15,16)13-3-2-10-7(14)5-13/h4H,2-3,5H2,1H3,(H,10,14). The lowest BCUT2D eigenvalue weighted by atomic mass is 10.4. The highest BCUT2D eigenvalue weighted by atomic mass is 35.5. The summed E-state index contributed by atoms with van der Waals surface area (Å²) in [7, 11) is -2.28. The molecule has 1 aliphatic heterocycles. The van der Waals surface area contributed by atoms with Crippen LogP contribution in [0.25, 0.3) is 0 Å². The van der Waals surface area contributed by atoms with Crippen LogP contribution < -0.4 is 5.32 Å². The number of hydrogen-bond donors (Lipinski definition) is 1. The minimum atomic E-state index is -3.77. The fraction of sp³-hybridized carbons (Fsp3) is 0.500. The maximum Gasteiger partial charge on any atom is 0.262 e. The molecule has 1 aliphatic rings. The molecule has 1 fully saturated rings. The van der Waals surface area contributed by atoms with Crippen LogP contribution in [0.5, 0.6) is 0 Å². The van der Waals surface area contributed by atoms with Crippen LogP contribution in [-0.4, -0.2) is 48.0 Å². The van der Waals surface area contributed by atoms with Crippen molar-refractivity contribution in [3.8, 4) is 0 Å². The number of hydrogen-bond acceptors (Lipinski definition) is 4. The Morgan fingerprint density at radius 2 is 2.24 bits per heavy atom. The second kappa shape index (κ2) is 4.28. The third-order valence-corrected chi connectivity index (χ3v) is 4.78. The second-order valence-electron chi connectivity index (χ2n) is 3.61. The molecule has 1 N–H and O–H groups in total. The summed E-state index contributed by atoms with van der Waals surface area (Å²) >= 11 is 5.80. The van der Waals surface area contributed by atoms with Crippen LogP contribution in [0.1, 0.15) is 0 Å². The van der Waals surface area contributed by atoms with Gasteiger partial charge in [-0.05, 0) is 0 Å². The van der Waals surface area contributed by atoms with Crippen LogP contribution >= 0.6 is 11.6 Å². The number of rotatable bonds is 2. The molecule has 2 heterocycles. The molecule has 0 aromatic carbocycles. The Kier molecular flexibility index (Phi) is 3.11. The molecule has 0 aliphatic carbocycles. The normalized spacial score (nSPS) is 18.1. The third-order valence-electron chi connectivity index (χ3n) is 2.43. The van der Waals surface area contributed by atoms with Gasteiger partial charge < -0.3 is 5.32 Å². The van der Waals surface area contributed by atoms with E-state index in [9.17, 15) is 13.2 Å². The van der Waals surface area contributed by atoms with Gasteiger partial charge in [0.05, 0.1) is 17.8 Å². The molecule has 0 spiro atoms. The summed E-state index contributed by atoms with van der Waals surface area (Å²) in [6, 6.07) is 0. The van der Waals surface area contributed by atoms with Crippen molar-refractivity contribution < 1.29 is 13.2 Å². The van der Waals surface area contributed by atoms with Crippen molar-refractivity contribution in [3.63, 3.8) is 0 Å². The zero-order valence-electron chi connectivity index (χ0n) is 9.05. The van der Waals surface area contributed by atoms with Gasteiger partial charge in [-0.3, -0.25) is 9.48 Å². The molecule has 2 rings (SSSR count). The van der Waals surface area contributed by atoms with E-state index in [1.54, 1.807) is 0 Å². The first-order valence-corrected chi connectivity index (χ1v) is 6.69. The van der Waals surface area contributed by atoms with E-state index < -0.39 is 10.0 Å². The van der Waals surface area contributed by atoms with Gasteiger partial charge in [0.1, 0.15) is 0 Å². The Morgan fingerprint density at radius 1 is 1.53 bits per heavy atom. The molecule has 0 atom stereocenters. The summed E-state index contributed by atoms with van der Waals surface area (Å²) in [5.41, 5.74) is 0. The Hall–Kier alpha value is -1.12. The van der Waals surface area contributed by atoms with Crippen LogP contribution in [0.15, 0.2) is 11.2 Å². The first kappa shape index (κ1) is 12.3. The predicted octanol–water partition coefficient (Wildman–Crippen LogP) is -0.806. The molecular formula is C8H11ClN4O3S. The van der Waals surface area contributed by atoms with Gasteiger partial charge >= 0.3 is 0 Å². The summed E-state index contributed by atoms with van der Waals surface area (Å²) in [6.07, 6.45) is 1.26. The number of nitrogens with zero attached hydrogens (tertiary/aromatic N) is 3. The fourth-order valence-corrected chi connectivity index (χ4v) is 3.63. The lowest BCUT2D eigenvalue weighted by Crippen LogP contribution is -2.50. The highest BCUT2D eigenvalue weighted by Gasteiger charge is 2.33. The van der Waals surface area contributed by atoms with Crippen LogP contribution in [0, 0.1) is 0 Å². The molecule has 94 valence electrons. The maximum atomic E-state index is 12.2. The van der Waals surface area contributed by atoms with Gasteiger partial charge in [-0.2, -0.15) is 9.40 Å². The number of aryl methyl sites for hydroxylation is 1. The van der Waals surface area contributed by atoms with E-state index in [4.69, 9.17) is 11.6 Å². The number of nitrogens with one attached hydrogen (secondary N) is 1. The average Bonchev–Trinajstić information content (AvgIpc) is 2.59. The second-order valence-corrected chi connectivity index (χ2v) is 5.87. The summed E-state index contributed by atoms with van der Waals surface area (Å²) in [5, 5.41) is 6.30. The van der Waals surface area contributed by atoms with Crippen molar-refractivity contribution in [3.05, 3.63) is 11.2 Å². The number of piperazine rings is 1. The Bertz CT molecular complexity index is 534. The van der Waals surface area contributed by atoms with Crippen molar-refractivity contribution >= 4 is 27.5 Å². The lowest BCUT2D eigenvalue weighted by Gasteiger charge is -2.25. The zero-order chi connectivity index (χ0) is 12.6. The monoisotopic (exact) mass is 278 g/mol. The molecule has 0 unspecified atom stereocenters. The summed E-state index contributed by atoms with van der Waals surface area (Å²) in [6.45, 7) is 0.340. The van der Waals surface area contributed by atoms with Gasteiger partial charge in [0.2, 0.25) is 5.91 Å². The smallest absolute Gasteiger partial charge is 0.262 e. The Morgan fingerprint density at radius 3 is 2.76 bits per heavy atom.